The minimum absolute atomic E-state index is 0.172. The highest BCUT2D eigenvalue weighted by atomic mass is 79.9. The van der Waals surface area contributed by atoms with Crippen molar-refractivity contribution in [3.63, 3.8) is 0 Å². The fourth-order valence-electron chi connectivity index (χ4n) is 1.68. The van der Waals surface area contributed by atoms with Gasteiger partial charge in [0, 0.05) is 22.3 Å². The third-order valence-electron chi connectivity index (χ3n) is 2.65. The Morgan fingerprint density at radius 3 is 2.33 bits per heavy atom. The van der Waals surface area contributed by atoms with E-state index in [0.29, 0.717) is 16.6 Å². The SMILES string of the molecule is COc1cc(Br)ccc1C(=O)Nc1cc(F)c(F)c(F)c1. The molecule has 0 saturated heterocycles. The summed E-state index contributed by atoms with van der Waals surface area (Å²) in [5.41, 5.74) is -0.0211. The molecule has 0 unspecified atom stereocenters. The van der Waals surface area contributed by atoms with Crippen LogP contribution in [0.5, 0.6) is 5.75 Å². The molecule has 110 valence electrons. The predicted molar refractivity (Wildman–Crippen MR) is 75.0 cm³/mol. The van der Waals surface area contributed by atoms with Crippen molar-refractivity contribution in [1.82, 2.24) is 0 Å². The lowest BCUT2D eigenvalue weighted by Crippen LogP contribution is -2.14. The van der Waals surface area contributed by atoms with Crippen LogP contribution in [0.3, 0.4) is 0 Å². The smallest absolute Gasteiger partial charge is 0.259 e. The lowest BCUT2D eigenvalue weighted by Gasteiger charge is -2.10. The van der Waals surface area contributed by atoms with E-state index < -0.39 is 23.4 Å². The predicted octanol–water partition coefficient (Wildman–Crippen LogP) is 4.13. The fourth-order valence-corrected chi connectivity index (χ4v) is 2.02. The van der Waals surface area contributed by atoms with Crippen molar-refractivity contribution in [3.05, 3.63) is 57.8 Å². The van der Waals surface area contributed by atoms with E-state index in [4.69, 9.17) is 4.74 Å². The van der Waals surface area contributed by atoms with Gasteiger partial charge in [0.15, 0.2) is 17.5 Å². The molecule has 21 heavy (non-hydrogen) atoms. The van der Waals surface area contributed by atoms with Gasteiger partial charge in [0.2, 0.25) is 0 Å². The largest absolute Gasteiger partial charge is 0.496 e. The zero-order valence-electron chi connectivity index (χ0n) is 10.7. The number of halogens is 4. The Balaban J connectivity index is 2.30. The molecule has 0 fully saturated rings. The maximum absolute atomic E-state index is 13.1. The Hall–Kier alpha value is -2.02. The van der Waals surface area contributed by atoms with Crippen LogP contribution in [0.2, 0.25) is 0 Å². The second kappa shape index (κ2) is 6.17. The first-order valence-electron chi connectivity index (χ1n) is 5.72. The molecule has 1 amide bonds. The highest BCUT2D eigenvalue weighted by molar-refractivity contribution is 9.10. The van der Waals surface area contributed by atoms with Gasteiger partial charge in [0.1, 0.15) is 5.75 Å². The van der Waals surface area contributed by atoms with Crippen molar-refractivity contribution in [2.24, 2.45) is 0 Å². The summed E-state index contributed by atoms with van der Waals surface area (Å²) < 4.78 is 44.8. The summed E-state index contributed by atoms with van der Waals surface area (Å²) in [6, 6.07) is 6.06. The van der Waals surface area contributed by atoms with E-state index in [1.165, 1.54) is 13.2 Å². The van der Waals surface area contributed by atoms with Crippen molar-refractivity contribution >= 4 is 27.5 Å². The molecule has 0 aromatic heterocycles. The molecule has 0 bridgehead atoms. The zero-order valence-corrected chi connectivity index (χ0v) is 12.3. The maximum atomic E-state index is 13.1. The monoisotopic (exact) mass is 359 g/mol. The molecule has 0 aliphatic carbocycles. The normalized spacial score (nSPS) is 10.3. The Labute approximate surface area is 126 Å². The number of ether oxygens (including phenoxy) is 1. The quantitative estimate of drug-likeness (QED) is 0.836. The minimum Gasteiger partial charge on any atom is -0.496 e. The Bertz CT molecular complexity index is 684. The first-order valence-corrected chi connectivity index (χ1v) is 6.51. The number of anilines is 1. The summed E-state index contributed by atoms with van der Waals surface area (Å²) in [7, 11) is 1.38. The second-order valence-corrected chi connectivity index (χ2v) is 4.97. The van der Waals surface area contributed by atoms with Crippen molar-refractivity contribution in [2.45, 2.75) is 0 Å². The first kappa shape index (κ1) is 15.4. The molecule has 0 aliphatic heterocycles. The van der Waals surface area contributed by atoms with Crippen LogP contribution in [0, 0.1) is 17.5 Å². The molecule has 0 radical (unpaired) electrons. The molecule has 7 heteroatoms. The van der Waals surface area contributed by atoms with E-state index in [2.05, 4.69) is 21.2 Å². The van der Waals surface area contributed by atoms with E-state index in [1.807, 2.05) is 0 Å². The van der Waals surface area contributed by atoms with E-state index in [0.717, 1.165) is 0 Å². The summed E-state index contributed by atoms with van der Waals surface area (Å²) in [6.07, 6.45) is 0. The highest BCUT2D eigenvalue weighted by Crippen LogP contribution is 2.25. The number of carbonyl (C=O) groups is 1. The Kier molecular flexibility index (Phi) is 4.52. The molecular formula is C14H9BrF3NO2. The van der Waals surface area contributed by atoms with Crippen LogP contribution in [-0.4, -0.2) is 13.0 Å². The molecule has 0 saturated carbocycles. The Morgan fingerprint density at radius 1 is 1.14 bits per heavy atom. The highest BCUT2D eigenvalue weighted by Gasteiger charge is 2.16. The molecule has 1 N–H and O–H groups in total. The first-order chi connectivity index (χ1) is 9.92. The molecule has 2 aromatic rings. The van der Waals surface area contributed by atoms with E-state index in [1.54, 1.807) is 12.1 Å². The molecule has 2 aromatic carbocycles. The van der Waals surface area contributed by atoms with Gasteiger partial charge in [-0.2, -0.15) is 0 Å². The van der Waals surface area contributed by atoms with E-state index >= 15 is 0 Å². The molecule has 3 nitrogen and oxygen atoms in total. The van der Waals surface area contributed by atoms with Crippen LogP contribution in [0.1, 0.15) is 10.4 Å². The summed E-state index contributed by atoms with van der Waals surface area (Å²) in [5, 5.41) is 2.28. The summed E-state index contributed by atoms with van der Waals surface area (Å²) in [5.74, 6) is -4.70. The van der Waals surface area contributed by atoms with Crippen LogP contribution in [0.25, 0.3) is 0 Å². The average Bonchev–Trinajstić information content (AvgIpc) is 2.44. The average molecular weight is 360 g/mol. The van der Waals surface area contributed by atoms with Gasteiger partial charge < -0.3 is 10.1 Å². The van der Waals surface area contributed by atoms with Gasteiger partial charge in [0.25, 0.3) is 5.91 Å². The standard InChI is InChI=1S/C14H9BrF3NO2/c1-21-12-4-7(15)2-3-9(12)14(20)19-8-5-10(16)13(18)11(17)6-8/h2-6H,1H3,(H,19,20). The third-order valence-corrected chi connectivity index (χ3v) is 3.14. The molecule has 2 rings (SSSR count). The summed E-state index contributed by atoms with van der Waals surface area (Å²) >= 11 is 3.23. The van der Waals surface area contributed by atoms with Crippen LogP contribution in [-0.2, 0) is 0 Å². The van der Waals surface area contributed by atoms with Gasteiger partial charge in [-0.3, -0.25) is 4.79 Å². The molecule has 0 spiro atoms. The summed E-state index contributed by atoms with van der Waals surface area (Å²) in [6.45, 7) is 0. The lowest BCUT2D eigenvalue weighted by molar-refractivity contribution is 0.102. The molecule has 0 heterocycles. The molecule has 0 aliphatic rings. The van der Waals surface area contributed by atoms with Crippen LogP contribution in [0.4, 0.5) is 18.9 Å². The second-order valence-electron chi connectivity index (χ2n) is 4.05. The van der Waals surface area contributed by atoms with Crippen molar-refractivity contribution in [3.8, 4) is 5.75 Å². The number of amides is 1. The van der Waals surface area contributed by atoms with Gasteiger partial charge in [-0.1, -0.05) is 15.9 Å². The van der Waals surface area contributed by atoms with Crippen molar-refractivity contribution < 1.29 is 22.7 Å². The van der Waals surface area contributed by atoms with Crippen molar-refractivity contribution in [1.29, 1.82) is 0 Å². The zero-order chi connectivity index (χ0) is 15.6. The molecular weight excluding hydrogens is 351 g/mol. The number of hydrogen-bond acceptors (Lipinski definition) is 2. The maximum Gasteiger partial charge on any atom is 0.259 e. The number of hydrogen-bond donors (Lipinski definition) is 1. The topological polar surface area (TPSA) is 38.3 Å². The van der Waals surface area contributed by atoms with Gasteiger partial charge >= 0.3 is 0 Å². The Morgan fingerprint density at radius 2 is 1.76 bits per heavy atom. The number of methoxy groups -OCH3 is 1. The van der Waals surface area contributed by atoms with Crippen LogP contribution < -0.4 is 10.1 Å². The summed E-state index contributed by atoms with van der Waals surface area (Å²) in [4.78, 5) is 12.1. The van der Waals surface area contributed by atoms with Gasteiger partial charge in [-0.25, -0.2) is 13.2 Å². The van der Waals surface area contributed by atoms with Crippen molar-refractivity contribution in [2.75, 3.05) is 12.4 Å². The van der Waals surface area contributed by atoms with E-state index in [9.17, 15) is 18.0 Å². The number of carbonyl (C=O) groups excluding carboxylic acids is 1. The van der Waals surface area contributed by atoms with Gasteiger partial charge in [-0.15, -0.1) is 0 Å². The molecule has 0 atom stereocenters. The van der Waals surface area contributed by atoms with Crippen LogP contribution >= 0.6 is 15.9 Å². The number of nitrogens with one attached hydrogen (secondary N) is 1. The lowest BCUT2D eigenvalue weighted by atomic mass is 10.2. The van der Waals surface area contributed by atoms with Gasteiger partial charge in [-0.05, 0) is 18.2 Å². The number of rotatable bonds is 3. The minimum atomic E-state index is -1.59. The van der Waals surface area contributed by atoms with E-state index in [-0.39, 0.29) is 17.0 Å². The third kappa shape index (κ3) is 3.36. The van der Waals surface area contributed by atoms with Gasteiger partial charge in [0.05, 0.1) is 12.7 Å². The van der Waals surface area contributed by atoms with Crippen LogP contribution in [0.15, 0.2) is 34.8 Å². The fraction of sp³-hybridized carbons (Fsp3) is 0.0714. The number of benzene rings is 2.